The number of rotatable bonds is 7. The Bertz CT molecular complexity index is 1120. The first-order valence-corrected chi connectivity index (χ1v) is 11.3. The summed E-state index contributed by atoms with van der Waals surface area (Å²) in [4.78, 5) is 37.2. The molecule has 0 unspecified atom stereocenters. The lowest BCUT2D eigenvalue weighted by Gasteiger charge is -2.26. The zero-order chi connectivity index (χ0) is 21.9. The smallest absolute Gasteiger partial charge is 0.344 e. The number of carbonyl (C=O) groups excluding carboxylic acids is 2. The van der Waals surface area contributed by atoms with Gasteiger partial charge in [0.2, 0.25) is 0 Å². The van der Waals surface area contributed by atoms with Gasteiger partial charge in [-0.2, -0.15) is 0 Å². The van der Waals surface area contributed by atoms with Crippen LogP contribution in [0.1, 0.15) is 18.9 Å². The number of fused-ring (bicyclic) bond motifs is 1. The highest BCUT2D eigenvalue weighted by atomic mass is 32.2. The van der Waals surface area contributed by atoms with Gasteiger partial charge in [0.05, 0.1) is 11.5 Å². The van der Waals surface area contributed by atoms with Crippen LogP contribution in [0.15, 0.2) is 33.5 Å². The maximum atomic E-state index is 12.3. The Labute approximate surface area is 173 Å². The molecule has 9 nitrogen and oxygen atoms in total. The van der Waals surface area contributed by atoms with E-state index >= 15 is 0 Å². The molecule has 2 heterocycles. The summed E-state index contributed by atoms with van der Waals surface area (Å²) in [6.07, 6.45) is 0.385. The third-order valence-corrected chi connectivity index (χ3v) is 6.70. The molecule has 1 aromatic carbocycles. The summed E-state index contributed by atoms with van der Waals surface area (Å²) in [6, 6.07) is 5.84. The van der Waals surface area contributed by atoms with E-state index in [0.717, 1.165) is 10.9 Å². The van der Waals surface area contributed by atoms with Gasteiger partial charge in [-0.15, -0.1) is 0 Å². The van der Waals surface area contributed by atoms with Gasteiger partial charge in [0.15, 0.2) is 23.1 Å². The summed E-state index contributed by atoms with van der Waals surface area (Å²) in [5.74, 6) is -0.896. The molecule has 10 heteroatoms. The number of nitrogens with zero attached hydrogens (tertiary/aromatic N) is 1. The van der Waals surface area contributed by atoms with Crippen LogP contribution in [-0.4, -0.2) is 62.5 Å². The summed E-state index contributed by atoms with van der Waals surface area (Å²) < 4.78 is 38.7. The average Bonchev–Trinajstić information content (AvgIpc) is 3.04. The second-order valence-corrected chi connectivity index (χ2v) is 9.32. The molecule has 1 atom stereocenters. The fourth-order valence-electron chi connectivity index (χ4n) is 3.46. The van der Waals surface area contributed by atoms with Crippen molar-refractivity contribution in [3.05, 3.63) is 40.2 Å². The number of benzene rings is 1. The van der Waals surface area contributed by atoms with Crippen LogP contribution in [0, 0.1) is 6.92 Å². The molecule has 0 spiro atoms. The minimum absolute atomic E-state index is 0.0560. The van der Waals surface area contributed by atoms with Crippen molar-refractivity contribution in [1.29, 1.82) is 0 Å². The minimum Gasteiger partial charge on any atom is -0.482 e. The van der Waals surface area contributed by atoms with Crippen LogP contribution in [0.25, 0.3) is 11.0 Å². The molecule has 0 aliphatic carbocycles. The van der Waals surface area contributed by atoms with E-state index in [-0.39, 0.29) is 11.5 Å². The van der Waals surface area contributed by atoms with Crippen molar-refractivity contribution in [3.8, 4) is 5.75 Å². The van der Waals surface area contributed by atoms with Gasteiger partial charge >= 0.3 is 11.6 Å². The summed E-state index contributed by atoms with van der Waals surface area (Å²) in [6.45, 7) is 2.94. The van der Waals surface area contributed by atoms with Crippen molar-refractivity contribution in [2.45, 2.75) is 26.3 Å². The monoisotopic (exact) mass is 437 g/mol. The molecule has 162 valence electrons. The molecule has 0 bridgehead atoms. The van der Waals surface area contributed by atoms with Gasteiger partial charge in [-0.05, 0) is 38.0 Å². The summed E-state index contributed by atoms with van der Waals surface area (Å²) in [7, 11) is -3.12. The summed E-state index contributed by atoms with van der Waals surface area (Å²) >= 11 is 0. The molecule has 1 fully saturated rings. The Kier molecular flexibility index (Phi) is 6.45. The maximum absolute atomic E-state index is 12.3. The van der Waals surface area contributed by atoms with E-state index in [0.29, 0.717) is 24.3 Å². The van der Waals surface area contributed by atoms with Crippen LogP contribution >= 0.6 is 0 Å². The molecule has 1 saturated heterocycles. The quantitative estimate of drug-likeness (QED) is 0.466. The number of sulfone groups is 1. The van der Waals surface area contributed by atoms with E-state index in [2.05, 4.69) is 0 Å². The van der Waals surface area contributed by atoms with Crippen LogP contribution in [0.2, 0.25) is 0 Å². The molecule has 1 aliphatic rings. The van der Waals surface area contributed by atoms with Gasteiger partial charge in [0.1, 0.15) is 11.3 Å². The zero-order valence-corrected chi connectivity index (χ0v) is 17.6. The number of likely N-dealkylation sites (N-methyl/N-ethyl adjacent to an activating group) is 1. The standard InChI is InChI=1S/C20H23NO8S/c1-3-21(14-6-7-30(25,26)12-14)18(22)10-28-20(24)11-27-15-4-5-16-13(2)8-19(23)29-17(16)9-15/h4-5,8-9,14H,3,6-7,10-12H2,1-2H3/t14-/m1/s1. The Hall–Kier alpha value is -2.88. The van der Waals surface area contributed by atoms with Gasteiger partial charge in [-0.3, -0.25) is 4.79 Å². The highest BCUT2D eigenvalue weighted by molar-refractivity contribution is 7.91. The van der Waals surface area contributed by atoms with Gasteiger partial charge in [0.25, 0.3) is 5.91 Å². The Morgan fingerprint density at radius 2 is 2.00 bits per heavy atom. The van der Waals surface area contributed by atoms with Crippen molar-refractivity contribution >= 4 is 32.7 Å². The predicted molar refractivity (Wildman–Crippen MR) is 108 cm³/mol. The zero-order valence-electron chi connectivity index (χ0n) is 16.8. The van der Waals surface area contributed by atoms with Crippen LogP contribution < -0.4 is 10.4 Å². The lowest BCUT2D eigenvalue weighted by molar-refractivity contribution is -0.154. The lowest BCUT2D eigenvalue weighted by atomic mass is 10.1. The third kappa shape index (κ3) is 5.18. The first-order chi connectivity index (χ1) is 14.2. The van der Waals surface area contributed by atoms with Gasteiger partial charge in [0, 0.05) is 30.1 Å². The first-order valence-electron chi connectivity index (χ1n) is 9.51. The van der Waals surface area contributed by atoms with Crippen molar-refractivity contribution in [3.63, 3.8) is 0 Å². The number of hydrogen-bond acceptors (Lipinski definition) is 8. The van der Waals surface area contributed by atoms with Crippen LogP contribution in [-0.2, 0) is 24.2 Å². The molecule has 0 saturated carbocycles. The molecule has 2 aromatic rings. The molecule has 1 aromatic heterocycles. The molecule has 30 heavy (non-hydrogen) atoms. The van der Waals surface area contributed by atoms with E-state index in [4.69, 9.17) is 13.9 Å². The molecular formula is C20H23NO8S. The van der Waals surface area contributed by atoms with E-state index in [1.54, 1.807) is 26.0 Å². The Morgan fingerprint density at radius 3 is 2.67 bits per heavy atom. The molecule has 1 amide bonds. The summed E-state index contributed by atoms with van der Waals surface area (Å²) in [5, 5.41) is 0.753. The highest BCUT2D eigenvalue weighted by Crippen LogP contribution is 2.22. The Balaban J connectivity index is 1.52. The van der Waals surface area contributed by atoms with E-state index < -0.39 is 46.6 Å². The Morgan fingerprint density at radius 1 is 1.23 bits per heavy atom. The van der Waals surface area contributed by atoms with Crippen molar-refractivity contribution < 1.29 is 31.9 Å². The highest BCUT2D eigenvalue weighted by Gasteiger charge is 2.34. The number of hydrogen-bond donors (Lipinski definition) is 0. The van der Waals surface area contributed by atoms with Crippen LogP contribution in [0.4, 0.5) is 0 Å². The van der Waals surface area contributed by atoms with Crippen molar-refractivity contribution in [2.75, 3.05) is 31.3 Å². The number of aryl methyl sites for hydroxylation is 1. The maximum Gasteiger partial charge on any atom is 0.344 e. The molecule has 1 aliphatic heterocycles. The van der Waals surface area contributed by atoms with Gasteiger partial charge < -0.3 is 18.8 Å². The second-order valence-electron chi connectivity index (χ2n) is 7.09. The minimum atomic E-state index is -3.12. The van der Waals surface area contributed by atoms with E-state index in [1.807, 2.05) is 0 Å². The third-order valence-electron chi connectivity index (χ3n) is 4.95. The van der Waals surface area contributed by atoms with Crippen LogP contribution in [0.3, 0.4) is 0 Å². The molecular weight excluding hydrogens is 414 g/mol. The second kappa shape index (κ2) is 8.86. The largest absolute Gasteiger partial charge is 0.482 e. The molecule has 0 radical (unpaired) electrons. The van der Waals surface area contributed by atoms with Gasteiger partial charge in [-0.1, -0.05) is 0 Å². The molecule has 0 N–H and O–H groups in total. The van der Waals surface area contributed by atoms with E-state index in [9.17, 15) is 22.8 Å². The van der Waals surface area contributed by atoms with E-state index in [1.165, 1.54) is 17.0 Å². The number of esters is 1. The number of carbonyl (C=O) groups is 2. The van der Waals surface area contributed by atoms with Crippen molar-refractivity contribution in [2.24, 2.45) is 0 Å². The van der Waals surface area contributed by atoms with Crippen LogP contribution in [0.5, 0.6) is 5.75 Å². The number of amides is 1. The fraction of sp³-hybridized carbons (Fsp3) is 0.450. The number of ether oxygens (including phenoxy) is 2. The normalized spacial score (nSPS) is 17.6. The topological polar surface area (TPSA) is 120 Å². The average molecular weight is 437 g/mol. The van der Waals surface area contributed by atoms with Gasteiger partial charge in [-0.25, -0.2) is 18.0 Å². The lowest BCUT2D eigenvalue weighted by Crippen LogP contribution is -2.43. The summed E-state index contributed by atoms with van der Waals surface area (Å²) in [5.41, 5.74) is 0.623. The molecule has 3 rings (SSSR count). The van der Waals surface area contributed by atoms with Crippen molar-refractivity contribution in [1.82, 2.24) is 4.90 Å². The fourth-order valence-corrected chi connectivity index (χ4v) is 5.19. The predicted octanol–water partition coefficient (Wildman–Crippen LogP) is 1.06. The first kappa shape index (κ1) is 21.8. The SMILES string of the molecule is CCN(C(=O)COC(=O)COc1ccc2c(C)cc(=O)oc2c1)[C@@H]1CCS(=O)(=O)C1.